The molecule has 5 heteroatoms. The first-order valence-electron chi connectivity index (χ1n) is 10.0. The number of hydrogen-bond acceptors (Lipinski definition) is 4. The third-order valence-electron chi connectivity index (χ3n) is 6.15. The summed E-state index contributed by atoms with van der Waals surface area (Å²) < 4.78 is 0. The molecule has 29 heavy (non-hydrogen) atoms. The number of amides is 1. The normalized spacial score (nSPS) is 22.5. The van der Waals surface area contributed by atoms with E-state index in [1.54, 1.807) is 18.5 Å². The van der Waals surface area contributed by atoms with Gasteiger partial charge in [-0.05, 0) is 47.4 Å². The number of likely N-dealkylation sites (tertiary alicyclic amines) is 1. The van der Waals surface area contributed by atoms with Gasteiger partial charge in [-0.1, -0.05) is 36.4 Å². The monoisotopic (exact) mass is 385 g/mol. The van der Waals surface area contributed by atoms with E-state index in [9.17, 15) is 9.90 Å². The molecule has 3 aromatic rings. The summed E-state index contributed by atoms with van der Waals surface area (Å²) in [6.07, 6.45) is 4.17. The number of fused-ring (bicyclic) bond motifs is 3. The first-order chi connectivity index (χ1) is 14.3. The number of nitrogens with zero attached hydrogens (tertiary/aromatic N) is 2. The molecule has 146 valence electrons. The molecular formula is C24H23N3O2. The van der Waals surface area contributed by atoms with Crippen LogP contribution in [0, 0.1) is 5.92 Å². The lowest BCUT2D eigenvalue weighted by atomic mass is 9.82. The molecule has 1 aromatic heterocycles. The lowest BCUT2D eigenvalue weighted by molar-refractivity contribution is 0.0700. The second-order valence-corrected chi connectivity index (χ2v) is 7.74. The van der Waals surface area contributed by atoms with E-state index in [1.165, 1.54) is 0 Å². The average molecular weight is 385 g/mol. The molecule has 5 nitrogen and oxygen atoms in total. The van der Waals surface area contributed by atoms with Crippen LogP contribution in [0.3, 0.4) is 0 Å². The Morgan fingerprint density at radius 1 is 1.10 bits per heavy atom. The van der Waals surface area contributed by atoms with Gasteiger partial charge in [0, 0.05) is 30.5 Å². The number of hydrogen-bond donors (Lipinski definition) is 2. The van der Waals surface area contributed by atoms with Crippen LogP contribution in [0.1, 0.15) is 28.4 Å². The van der Waals surface area contributed by atoms with Crippen molar-refractivity contribution in [3.63, 3.8) is 0 Å². The zero-order valence-electron chi connectivity index (χ0n) is 16.0. The van der Waals surface area contributed by atoms with Crippen LogP contribution in [0.15, 0.2) is 73.1 Å². The second-order valence-electron chi connectivity index (χ2n) is 7.74. The van der Waals surface area contributed by atoms with Gasteiger partial charge < -0.3 is 15.3 Å². The highest BCUT2D eigenvalue weighted by Gasteiger charge is 2.45. The average Bonchev–Trinajstić information content (AvgIpc) is 3.24. The molecule has 1 fully saturated rings. The lowest BCUT2D eigenvalue weighted by Crippen LogP contribution is -2.42. The van der Waals surface area contributed by atoms with E-state index in [0.717, 1.165) is 28.8 Å². The third kappa shape index (κ3) is 3.08. The second kappa shape index (κ2) is 7.33. The highest BCUT2D eigenvalue weighted by atomic mass is 16.3. The number of carbonyl (C=O) groups excluding carboxylic acids is 1. The SMILES string of the molecule is O=C(c1cccnc1)N1CC[C@@H]2[C@H](CO)Nc3ccc(-c4ccccc4)cc3[C@@H]21. The summed E-state index contributed by atoms with van der Waals surface area (Å²) in [4.78, 5) is 19.3. The molecular weight excluding hydrogens is 362 g/mol. The zero-order chi connectivity index (χ0) is 19.8. The number of aliphatic hydroxyl groups is 1. The number of anilines is 1. The Hall–Kier alpha value is -3.18. The van der Waals surface area contributed by atoms with E-state index in [-0.39, 0.29) is 30.5 Å². The number of aromatic nitrogens is 1. The maximum Gasteiger partial charge on any atom is 0.255 e. The van der Waals surface area contributed by atoms with Gasteiger partial charge in [0.15, 0.2) is 0 Å². The van der Waals surface area contributed by atoms with Crippen molar-refractivity contribution in [2.75, 3.05) is 18.5 Å². The van der Waals surface area contributed by atoms with Crippen LogP contribution in [0.4, 0.5) is 5.69 Å². The van der Waals surface area contributed by atoms with E-state index in [1.807, 2.05) is 29.2 Å². The number of carbonyl (C=O) groups is 1. The minimum atomic E-state index is -0.0558. The Morgan fingerprint density at radius 3 is 2.72 bits per heavy atom. The van der Waals surface area contributed by atoms with Crippen LogP contribution in [-0.4, -0.2) is 40.1 Å². The lowest BCUT2D eigenvalue weighted by Gasteiger charge is -2.39. The summed E-state index contributed by atoms with van der Waals surface area (Å²) in [6, 6.07) is 20.1. The molecule has 3 heterocycles. The van der Waals surface area contributed by atoms with Gasteiger partial charge in [-0.2, -0.15) is 0 Å². The van der Waals surface area contributed by atoms with E-state index in [0.29, 0.717) is 12.1 Å². The Balaban J connectivity index is 1.58. The summed E-state index contributed by atoms with van der Waals surface area (Å²) in [6.45, 7) is 0.728. The smallest absolute Gasteiger partial charge is 0.255 e. The summed E-state index contributed by atoms with van der Waals surface area (Å²) in [5, 5.41) is 13.5. The predicted octanol–water partition coefficient (Wildman–Crippen LogP) is 3.74. The molecule has 5 rings (SSSR count). The number of pyridine rings is 1. The van der Waals surface area contributed by atoms with Gasteiger partial charge in [0.2, 0.25) is 0 Å². The molecule has 2 aliphatic rings. The van der Waals surface area contributed by atoms with Crippen LogP contribution in [0.2, 0.25) is 0 Å². The number of aliphatic hydroxyl groups excluding tert-OH is 1. The van der Waals surface area contributed by atoms with Crippen molar-refractivity contribution in [1.82, 2.24) is 9.88 Å². The Morgan fingerprint density at radius 2 is 1.97 bits per heavy atom. The van der Waals surface area contributed by atoms with E-state index in [4.69, 9.17) is 0 Å². The van der Waals surface area contributed by atoms with E-state index < -0.39 is 0 Å². The molecule has 1 amide bonds. The van der Waals surface area contributed by atoms with Gasteiger partial charge in [-0.15, -0.1) is 0 Å². The van der Waals surface area contributed by atoms with Crippen molar-refractivity contribution in [3.8, 4) is 11.1 Å². The van der Waals surface area contributed by atoms with Crippen molar-refractivity contribution in [2.24, 2.45) is 5.92 Å². The Labute approximate surface area is 170 Å². The number of benzene rings is 2. The minimum absolute atomic E-state index is 0.000235. The summed E-state index contributed by atoms with van der Waals surface area (Å²) in [7, 11) is 0. The van der Waals surface area contributed by atoms with Crippen molar-refractivity contribution < 1.29 is 9.90 Å². The van der Waals surface area contributed by atoms with Crippen molar-refractivity contribution in [2.45, 2.75) is 18.5 Å². The molecule has 2 aliphatic heterocycles. The molecule has 0 spiro atoms. The topological polar surface area (TPSA) is 65.5 Å². The zero-order valence-corrected chi connectivity index (χ0v) is 16.0. The number of nitrogens with one attached hydrogen (secondary N) is 1. The predicted molar refractivity (Wildman–Crippen MR) is 112 cm³/mol. The highest BCUT2D eigenvalue weighted by molar-refractivity contribution is 5.94. The van der Waals surface area contributed by atoms with Gasteiger partial charge >= 0.3 is 0 Å². The van der Waals surface area contributed by atoms with Crippen molar-refractivity contribution >= 4 is 11.6 Å². The van der Waals surface area contributed by atoms with E-state index in [2.05, 4.69) is 40.6 Å². The molecule has 2 aromatic carbocycles. The van der Waals surface area contributed by atoms with Crippen LogP contribution < -0.4 is 5.32 Å². The van der Waals surface area contributed by atoms with Gasteiger partial charge in [0.05, 0.1) is 24.3 Å². The molecule has 3 atom stereocenters. The van der Waals surface area contributed by atoms with Crippen LogP contribution in [0.25, 0.3) is 11.1 Å². The van der Waals surface area contributed by atoms with Gasteiger partial charge in [-0.25, -0.2) is 0 Å². The van der Waals surface area contributed by atoms with Crippen molar-refractivity contribution in [1.29, 1.82) is 0 Å². The van der Waals surface area contributed by atoms with Gasteiger partial charge in [0.25, 0.3) is 5.91 Å². The largest absolute Gasteiger partial charge is 0.394 e. The first kappa shape index (κ1) is 17.9. The summed E-state index contributed by atoms with van der Waals surface area (Å²) >= 11 is 0. The Bertz CT molecular complexity index is 1020. The number of rotatable bonds is 3. The van der Waals surface area contributed by atoms with Gasteiger partial charge in [-0.3, -0.25) is 9.78 Å². The van der Waals surface area contributed by atoms with Gasteiger partial charge in [0.1, 0.15) is 0 Å². The fourth-order valence-electron chi connectivity index (χ4n) is 4.76. The standard InChI is InChI=1S/C24H23N3O2/c28-15-22-19-10-12-27(24(29)18-7-4-11-25-14-18)23(19)20-13-17(8-9-21(20)26-22)16-5-2-1-3-6-16/h1-9,11,13-14,19,22-23,26,28H,10,12,15H2/t19-,22+,23-/m1/s1. The fourth-order valence-corrected chi connectivity index (χ4v) is 4.76. The van der Waals surface area contributed by atoms with E-state index >= 15 is 0 Å². The summed E-state index contributed by atoms with van der Waals surface area (Å²) in [5.41, 5.74) is 5.01. The minimum Gasteiger partial charge on any atom is -0.394 e. The molecule has 0 radical (unpaired) electrons. The third-order valence-corrected chi connectivity index (χ3v) is 6.15. The maximum absolute atomic E-state index is 13.3. The molecule has 1 saturated heterocycles. The first-order valence-corrected chi connectivity index (χ1v) is 10.0. The fraction of sp³-hybridized carbons (Fsp3) is 0.250. The molecule has 2 N–H and O–H groups in total. The Kier molecular flexibility index (Phi) is 4.52. The van der Waals surface area contributed by atoms with Crippen LogP contribution in [-0.2, 0) is 0 Å². The van der Waals surface area contributed by atoms with Crippen LogP contribution >= 0.6 is 0 Å². The maximum atomic E-state index is 13.3. The molecule has 0 bridgehead atoms. The quantitative estimate of drug-likeness (QED) is 0.721. The van der Waals surface area contributed by atoms with Crippen LogP contribution in [0.5, 0.6) is 0 Å². The molecule has 0 aliphatic carbocycles. The molecule has 0 saturated carbocycles. The van der Waals surface area contributed by atoms with Crippen molar-refractivity contribution in [3.05, 3.63) is 84.2 Å². The summed E-state index contributed by atoms with van der Waals surface area (Å²) in [5.74, 6) is 0.180. The highest BCUT2D eigenvalue weighted by Crippen LogP contribution is 2.47. The molecule has 0 unspecified atom stereocenters.